The number of esters is 1. The quantitative estimate of drug-likeness (QED) is 0.755. The molecular weight excluding hydrogens is 364 g/mol. The van der Waals surface area contributed by atoms with Crippen molar-refractivity contribution in [1.82, 2.24) is 20.2 Å². The number of carbonyl (C=O) groups is 2. The minimum Gasteiger partial charge on any atom is -0.497 e. The zero-order valence-corrected chi connectivity index (χ0v) is 16.3. The molecule has 0 saturated heterocycles. The summed E-state index contributed by atoms with van der Waals surface area (Å²) < 4.78 is 15.4. The number of H-pyrrole nitrogens is 1. The van der Waals surface area contributed by atoms with Crippen LogP contribution in [0.5, 0.6) is 11.5 Å². The number of methoxy groups -OCH3 is 3. The van der Waals surface area contributed by atoms with Gasteiger partial charge in [0.1, 0.15) is 23.6 Å². The number of nitrogens with one attached hydrogen (secondary N) is 2. The Morgan fingerprint density at radius 1 is 1.21 bits per heavy atom. The highest BCUT2D eigenvalue weighted by atomic mass is 16.5. The van der Waals surface area contributed by atoms with E-state index in [4.69, 9.17) is 14.2 Å². The fraction of sp³-hybridized carbons (Fsp3) is 0.421. The van der Waals surface area contributed by atoms with E-state index < -0.39 is 18.1 Å². The molecule has 2 aromatic rings. The van der Waals surface area contributed by atoms with Crippen LogP contribution in [0.15, 0.2) is 24.5 Å². The predicted octanol–water partition coefficient (Wildman–Crippen LogP) is 1.65. The third-order valence-corrected chi connectivity index (χ3v) is 4.77. The van der Waals surface area contributed by atoms with Crippen molar-refractivity contribution in [3.05, 3.63) is 41.5 Å². The lowest BCUT2D eigenvalue weighted by Gasteiger charge is -2.36. The van der Waals surface area contributed by atoms with Crippen LogP contribution in [0.2, 0.25) is 0 Å². The van der Waals surface area contributed by atoms with Crippen molar-refractivity contribution < 1.29 is 23.8 Å². The van der Waals surface area contributed by atoms with Crippen LogP contribution < -0.4 is 14.8 Å². The van der Waals surface area contributed by atoms with E-state index in [1.54, 1.807) is 38.4 Å². The molecule has 0 bridgehead atoms. The van der Waals surface area contributed by atoms with Gasteiger partial charge in [-0.3, -0.25) is 0 Å². The van der Waals surface area contributed by atoms with Gasteiger partial charge in [-0.2, -0.15) is 0 Å². The van der Waals surface area contributed by atoms with Gasteiger partial charge < -0.3 is 29.4 Å². The molecule has 0 saturated carbocycles. The number of nitrogens with zero attached hydrogens (tertiary/aromatic N) is 2. The molecule has 2 amide bonds. The summed E-state index contributed by atoms with van der Waals surface area (Å²) in [6.07, 6.45) is 2.25. The second-order valence-electron chi connectivity index (χ2n) is 6.45. The van der Waals surface area contributed by atoms with E-state index in [-0.39, 0.29) is 6.03 Å². The lowest BCUT2D eigenvalue weighted by molar-refractivity contribution is -0.142. The number of imidazole rings is 1. The first kappa shape index (κ1) is 19.5. The number of urea groups is 1. The molecule has 2 atom stereocenters. The molecule has 1 aliphatic heterocycles. The van der Waals surface area contributed by atoms with Gasteiger partial charge in [0.05, 0.1) is 33.4 Å². The molecule has 2 heterocycles. The zero-order chi connectivity index (χ0) is 20.3. The van der Waals surface area contributed by atoms with E-state index in [9.17, 15) is 9.59 Å². The summed E-state index contributed by atoms with van der Waals surface area (Å²) in [5, 5.41) is 2.69. The van der Waals surface area contributed by atoms with Crippen molar-refractivity contribution in [2.45, 2.75) is 25.4 Å². The molecule has 9 nitrogen and oxygen atoms in total. The normalized spacial score (nSPS) is 16.7. The molecule has 0 aliphatic carbocycles. The van der Waals surface area contributed by atoms with E-state index in [0.717, 1.165) is 17.0 Å². The Balaban J connectivity index is 1.99. The minimum absolute atomic E-state index is 0.377. The molecule has 0 unspecified atom stereocenters. The Morgan fingerprint density at radius 2 is 1.89 bits per heavy atom. The number of carbonyl (C=O) groups excluding carboxylic acids is 2. The molecule has 0 radical (unpaired) electrons. The summed E-state index contributed by atoms with van der Waals surface area (Å²) >= 11 is 0. The summed E-state index contributed by atoms with van der Waals surface area (Å²) in [5.74, 6) is 0.714. The van der Waals surface area contributed by atoms with Crippen LogP contribution >= 0.6 is 0 Å². The number of hydrogen-bond acceptors (Lipinski definition) is 6. The molecule has 3 rings (SSSR count). The van der Waals surface area contributed by atoms with E-state index >= 15 is 0 Å². The maximum atomic E-state index is 13.0. The lowest BCUT2D eigenvalue weighted by atomic mass is 9.95. The Kier molecular flexibility index (Phi) is 5.72. The van der Waals surface area contributed by atoms with E-state index in [1.165, 1.54) is 7.11 Å². The lowest BCUT2D eigenvalue weighted by Crippen LogP contribution is -2.50. The average molecular weight is 388 g/mol. The second-order valence-corrected chi connectivity index (χ2v) is 6.45. The molecule has 0 spiro atoms. The van der Waals surface area contributed by atoms with E-state index in [0.29, 0.717) is 24.5 Å². The summed E-state index contributed by atoms with van der Waals surface area (Å²) in [6, 6.07) is 3.87. The number of rotatable bonds is 5. The Hall–Kier alpha value is -3.23. The number of fused-ring (bicyclic) bond motifs is 1. The zero-order valence-electron chi connectivity index (χ0n) is 16.3. The topological polar surface area (TPSA) is 106 Å². The van der Waals surface area contributed by atoms with Crippen molar-refractivity contribution in [2.24, 2.45) is 0 Å². The van der Waals surface area contributed by atoms with E-state index in [2.05, 4.69) is 15.3 Å². The van der Waals surface area contributed by atoms with Crippen molar-refractivity contribution in [2.75, 3.05) is 27.9 Å². The van der Waals surface area contributed by atoms with Crippen LogP contribution in [0.1, 0.15) is 29.9 Å². The standard InChI is InChI=1S/C19H24N4O5/c1-11(18(24)28-4)22-19(25)23-6-5-15-16(21-10-20-15)17(23)12-7-13(26-2)9-14(8-12)27-3/h7-11,17H,5-6H2,1-4H3,(H,20,21)(H,22,25)/t11-,17-/m0/s1. The highest BCUT2D eigenvalue weighted by Crippen LogP contribution is 2.36. The predicted molar refractivity (Wildman–Crippen MR) is 100 cm³/mol. The van der Waals surface area contributed by atoms with Crippen molar-refractivity contribution in [1.29, 1.82) is 0 Å². The van der Waals surface area contributed by atoms with Crippen molar-refractivity contribution in [3.63, 3.8) is 0 Å². The first-order valence-electron chi connectivity index (χ1n) is 8.88. The van der Waals surface area contributed by atoms with Gasteiger partial charge in [-0.1, -0.05) is 0 Å². The maximum absolute atomic E-state index is 13.0. The van der Waals surface area contributed by atoms with Gasteiger partial charge in [0, 0.05) is 24.7 Å². The Bertz CT molecular complexity index is 844. The first-order valence-corrected chi connectivity index (χ1v) is 8.88. The molecule has 150 valence electrons. The van der Waals surface area contributed by atoms with Crippen LogP contribution in [0.4, 0.5) is 4.79 Å². The summed E-state index contributed by atoms with van der Waals surface area (Å²) in [4.78, 5) is 33.9. The second kappa shape index (κ2) is 8.20. The molecule has 0 fully saturated rings. The van der Waals surface area contributed by atoms with E-state index in [1.807, 2.05) is 12.1 Å². The molecule has 2 N–H and O–H groups in total. The van der Waals surface area contributed by atoms with Gasteiger partial charge in [-0.05, 0) is 24.6 Å². The van der Waals surface area contributed by atoms with Crippen LogP contribution in [0.3, 0.4) is 0 Å². The maximum Gasteiger partial charge on any atom is 0.328 e. The van der Waals surface area contributed by atoms with Gasteiger partial charge in [-0.15, -0.1) is 0 Å². The summed E-state index contributed by atoms with van der Waals surface area (Å²) in [7, 11) is 4.43. The van der Waals surface area contributed by atoms with Gasteiger partial charge in [-0.25, -0.2) is 14.6 Å². The van der Waals surface area contributed by atoms with Crippen LogP contribution in [-0.4, -0.2) is 60.8 Å². The largest absolute Gasteiger partial charge is 0.497 e. The summed E-state index contributed by atoms with van der Waals surface area (Å²) in [6.45, 7) is 2.04. The number of ether oxygens (including phenoxy) is 3. The Labute approximate surface area is 163 Å². The average Bonchev–Trinajstić information content (AvgIpc) is 3.20. The highest BCUT2D eigenvalue weighted by molar-refractivity contribution is 5.83. The minimum atomic E-state index is -0.765. The van der Waals surface area contributed by atoms with Crippen molar-refractivity contribution in [3.8, 4) is 11.5 Å². The molecule has 9 heteroatoms. The molecule has 28 heavy (non-hydrogen) atoms. The van der Waals surface area contributed by atoms with Crippen LogP contribution in [-0.2, 0) is 16.0 Å². The summed E-state index contributed by atoms with van der Waals surface area (Å²) in [5.41, 5.74) is 2.52. The molecule has 1 aliphatic rings. The molecule has 1 aromatic heterocycles. The number of aromatic amines is 1. The highest BCUT2D eigenvalue weighted by Gasteiger charge is 2.35. The van der Waals surface area contributed by atoms with Gasteiger partial charge >= 0.3 is 12.0 Å². The fourth-order valence-electron chi connectivity index (χ4n) is 3.32. The van der Waals surface area contributed by atoms with Crippen LogP contribution in [0, 0.1) is 0 Å². The SMILES string of the molecule is COC(=O)[C@H](C)NC(=O)N1CCc2[nH]cnc2[C@@H]1c1cc(OC)cc(OC)c1. The third-order valence-electron chi connectivity index (χ3n) is 4.77. The monoisotopic (exact) mass is 388 g/mol. The smallest absolute Gasteiger partial charge is 0.328 e. The van der Waals surface area contributed by atoms with Gasteiger partial charge in [0.15, 0.2) is 0 Å². The number of hydrogen-bond donors (Lipinski definition) is 2. The number of amides is 2. The first-order chi connectivity index (χ1) is 13.5. The third kappa shape index (κ3) is 3.73. The molecular formula is C19H24N4O5. The number of benzene rings is 1. The van der Waals surface area contributed by atoms with Crippen molar-refractivity contribution >= 4 is 12.0 Å². The fourth-order valence-corrected chi connectivity index (χ4v) is 3.32. The Morgan fingerprint density at radius 3 is 2.50 bits per heavy atom. The number of aromatic nitrogens is 2. The van der Waals surface area contributed by atoms with Gasteiger partial charge in [0.2, 0.25) is 0 Å². The van der Waals surface area contributed by atoms with Crippen LogP contribution in [0.25, 0.3) is 0 Å². The van der Waals surface area contributed by atoms with Gasteiger partial charge in [0.25, 0.3) is 0 Å². The molecule has 1 aromatic carbocycles.